The Bertz CT molecular complexity index is 363. The fraction of sp³-hybridized carbons (Fsp3) is 0.857. The lowest BCUT2D eigenvalue weighted by Gasteiger charge is -2.44. The Morgan fingerprint density at radius 1 is 1.47 bits per heavy atom. The molecule has 2 rings (SSSR count). The third-order valence-electron chi connectivity index (χ3n) is 4.19. The summed E-state index contributed by atoms with van der Waals surface area (Å²) in [5.74, 6) is 0.489. The van der Waals surface area contributed by atoms with Gasteiger partial charge in [-0.15, -0.1) is 0 Å². The molecule has 0 aromatic carbocycles. The van der Waals surface area contributed by atoms with Gasteiger partial charge in [0.25, 0.3) is 0 Å². The molecule has 0 aromatic rings. The molecule has 1 aliphatic carbocycles. The normalized spacial score (nSPS) is 31.6. The maximum Gasteiger partial charge on any atom is 0.243 e. The van der Waals surface area contributed by atoms with E-state index in [0.717, 1.165) is 12.8 Å². The molecule has 1 saturated carbocycles. The van der Waals surface area contributed by atoms with Crippen molar-refractivity contribution in [1.29, 1.82) is 5.26 Å². The van der Waals surface area contributed by atoms with Gasteiger partial charge in [-0.05, 0) is 31.6 Å². The standard InChI is InChI=1S/C14H22N2O3/c1-11-8-14(9-11,10-15)13(18)16-4-2-12(3-5-16)19-7-6-17/h11-12,17H,2-9H2,1H3. The lowest BCUT2D eigenvalue weighted by atomic mass is 9.62. The van der Waals surface area contributed by atoms with Crippen molar-refractivity contribution in [2.45, 2.75) is 38.7 Å². The van der Waals surface area contributed by atoms with Crippen LogP contribution >= 0.6 is 0 Å². The molecule has 0 atom stereocenters. The number of likely N-dealkylation sites (tertiary alicyclic amines) is 1. The lowest BCUT2D eigenvalue weighted by molar-refractivity contribution is -0.148. The minimum absolute atomic E-state index is 0.00806. The molecule has 0 unspecified atom stereocenters. The average Bonchev–Trinajstić information content (AvgIpc) is 2.41. The van der Waals surface area contributed by atoms with Gasteiger partial charge in [0, 0.05) is 13.1 Å². The van der Waals surface area contributed by atoms with Crippen molar-refractivity contribution in [3.8, 4) is 6.07 Å². The predicted octanol–water partition coefficient (Wildman–Crippen LogP) is 0.926. The van der Waals surface area contributed by atoms with Crippen LogP contribution in [0.5, 0.6) is 0 Å². The summed E-state index contributed by atoms with van der Waals surface area (Å²) < 4.78 is 5.48. The Morgan fingerprint density at radius 3 is 2.58 bits per heavy atom. The van der Waals surface area contributed by atoms with E-state index in [9.17, 15) is 10.1 Å². The lowest BCUT2D eigenvalue weighted by Crippen LogP contribution is -2.52. The highest BCUT2D eigenvalue weighted by Crippen LogP contribution is 2.46. The van der Waals surface area contributed by atoms with Crippen molar-refractivity contribution in [1.82, 2.24) is 4.90 Å². The van der Waals surface area contributed by atoms with Crippen LogP contribution in [0.3, 0.4) is 0 Å². The topological polar surface area (TPSA) is 73.6 Å². The van der Waals surface area contributed by atoms with E-state index < -0.39 is 5.41 Å². The first-order chi connectivity index (χ1) is 9.11. The minimum Gasteiger partial charge on any atom is -0.394 e. The Kier molecular flexibility index (Phi) is 4.43. The summed E-state index contributed by atoms with van der Waals surface area (Å²) in [7, 11) is 0. The summed E-state index contributed by atoms with van der Waals surface area (Å²) in [5.41, 5.74) is -0.752. The molecule has 0 bridgehead atoms. The van der Waals surface area contributed by atoms with Gasteiger partial charge in [-0.25, -0.2) is 0 Å². The molecular formula is C14H22N2O3. The van der Waals surface area contributed by atoms with E-state index in [0.29, 0.717) is 38.5 Å². The second-order valence-electron chi connectivity index (χ2n) is 5.79. The smallest absolute Gasteiger partial charge is 0.243 e. The van der Waals surface area contributed by atoms with Gasteiger partial charge in [0.05, 0.1) is 25.4 Å². The SMILES string of the molecule is CC1CC(C#N)(C(=O)N2CCC(OCCO)CC2)C1. The van der Waals surface area contributed by atoms with Crippen molar-refractivity contribution in [2.24, 2.45) is 11.3 Å². The van der Waals surface area contributed by atoms with Crippen molar-refractivity contribution in [3.05, 3.63) is 0 Å². The molecule has 1 saturated heterocycles. The van der Waals surface area contributed by atoms with E-state index in [1.54, 1.807) is 0 Å². The predicted molar refractivity (Wildman–Crippen MR) is 69.1 cm³/mol. The third kappa shape index (κ3) is 2.90. The van der Waals surface area contributed by atoms with E-state index >= 15 is 0 Å². The first-order valence-corrected chi connectivity index (χ1v) is 7.04. The number of nitrogens with zero attached hydrogens (tertiary/aromatic N) is 2. The monoisotopic (exact) mass is 266 g/mol. The molecule has 1 amide bonds. The Hall–Kier alpha value is -1.12. The van der Waals surface area contributed by atoms with Gasteiger partial charge in [-0.2, -0.15) is 5.26 Å². The summed E-state index contributed by atoms with van der Waals surface area (Å²) in [4.78, 5) is 14.2. The van der Waals surface area contributed by atoms with E-state index in [2.05, 4.69) is 13.0 Å². The minimum atomic E-state index is -0.752. The summed E-state index contributed by atoms with van der Waals surface area (Å²) in [6.45, 7) is 3.80. The van der Waals surface area contributed by atoms with Crippen LogP contribution < -0.4 is 0 Å². The number of hydrogen-bond donors (Lipinski definition) is 1. The number of ether oxygens (including phenoxy) is 1. The van der Waals surface area contributed by atoms with Crippen LogP contribution in [0.2, 0.25) is 0 Å². The summed E-state index contributed by atoms with van der Waals surface area (Å²) >= 11 is 0. The first kappa shape index (κ1) is 14.3. The van der Waals surface area contributed by atoms with Crippen LogP contribution in [0.25, 0.3) is 0 Å². The maximum atomic E-state index is 12.4. The highest BCUT2D eigenvalue weighted by atomic mass is 16.5. The molecule has 19 heavy (non-hydrogen) atoms. The van der Waals surface area contributed by atoms with Crippen LogP contribution in [-0.4, -0.2) is 48.3 Å². The molecule has 0 aromatic heterocycles. The molecule has 5 nitrogen and oxygen atoms in total. The second-order valence-corrected chi connectivity index (χ2v) is 5.79. The molecule has 0 radical (unpaired) electrons. The van der Waals surface area contributed by atoms with Crippen LogP contribution in [0.15, 0.2) is 0 Å². The fourth-order valence-corrected chi connectivity index (χ4v) is 3.19. The molecular weight excluding hydrogens is 244 g/mol. The fourth-order valence-electron chi connectivity index (χ4n) is 3.19. The van der Waals surface area contributed by atoms with Crippen LogP contribution in [-0.2, 0) is 9.53 Å². The number of carbonyl (C=O) groups excluding carboxylic acids is 1. The quantitative estimate of drug-likeness (QED) is 0.821. The molecule has 106 valence electrons. The van der Waals surface area contributed by atoms with Gasteiger partial charge in [0.1, 0.15) is 5.41 Å². The van der Waals surface area contributed by atoms with Gasteiger partial charge in [-0.1, -0.05) is 6.92 Å². The number of rotatable bonds is 4. The molecule has 1 N–H and O–H groups in total. The molecule has 1 heterocycles. The van der Waals surface area contributed by atoms with Crippen molar-refractivity contribution < 1.29 is 14.6 Å². The zero-order valence-corrected chi connectivity index (χ0v) is 11.5. The van der Waals surface area contributed by atoms with E-state index in [1.165, 1.54) is 0 Å². The Morgan fingerprint density at radius 2 is 2.11 bits per heavy atom. The zero-order valence-electron chi connectivity index (χ0n) is 11.5. The summed E-state index contributed by atoms with van der Waals surface area (Å²) in [6.07, 6.45) is 3.12. The van der Waals surface area contributed by atoms with Gasteiger partial charge >= 0.3 is 0 Å². The molecule has 2 fully saturated rings. The summed E-state index contributed by atoms with van der Waals surface area (Å²) in [5, 5.41) is 18.0. The number of hydrogen-bond acceptors (Lipinski definition) is 4. The summed E-state index contributed by atoms with van der Waals surface area (Å²) in [6, 6.07) is 2.23. The largest absolute Gasteiger partial charge is 0.394 e. The Labute approximate surface area is 114 Å². The van der Waals surface area contributed by atoms with Gasteiger partial charge in [0.15, 0.2) is 0 Å². The number of nitriles is 1. The van der Waals surface area contributed by atoms with Gasteiger partial charge in [-0.3, -0.25) is 4.79 Å². The van der Waals surface area contributed by atoms with Crippen LogP contribution in [0.4, 0.5) is 0 Å². The van der Waals surface area contributed by atoms with E-state index in [-0.39, 0.29) is 18.6 Å². The van der Waals surface area contributed by atoms with Crippen molar-refractivity contribution in [2.75, 3.05) is 26.3 Å². The molecule has 0 spiro atoms. The zero-order chi connectivity index (χ0) is 13.9. The van der Waals surface area contributed by atoms with E-state index in [1.807, 2.05) is 4.90 Å². The van der Waals surface area contributed by atoms with Gasteiger partial charge in [0.2, 0.25) is 5.91 Å². The maximum absolute atomic E-state index is 12.4. The molecule has 1 aliphatic heterocycles. The van der Waals surface area contributed by atoms with Crippen molar-refractivity contribution in [3.63, 3.8) is 0 Å². The number of piperidine rings is 1. The van der Waals surface area contributed by atoms with Crippen molar-refractivity contribution >= 4 is 5.91 Å². The van der Waals surface area contributed by atoms with Gasteiger partial charge < -0.3 is 14.7 Å². The number of carbonyl (C=O) groups is 1. The first-order valence-electron chi connectivity index (χ1n) is 7.04. The average molecular weight is 266 g/mol. The number of aliphatic hydroxyl groups excluding tert-OH is 1. The molecule has 5 heteroatoms. The Balaban J connectivity index is 1.84. The number of aliphatic hydroxyl groups is 1. The molecule has 2 aliphatic rings. The van der Waals surface area contributed by atoms with E-state index in [4.69, 9.17) is 9.84 Å². The second kappa shape index (κ2) is 5.89. The third-order valence-corrected chi connectivity index (χ3v) is 4.19. The number of amides is 1. The highest BCUT2D eigenvalue weighted by Gasteiger charge is 2.50. The van der Waals surface area contributed by atoms with Crippen LogP contribution in [0, 0.1) is 22.7 Å². The highest BCUT2D eigenvalue weighted by molar-refractivity contribution is 5.86. The van der Waals surface area contributed by atoms with Crippen LogP contribution in [0.1, 0.15) is 32.6 Å².